The highest BCUT2D eigenvalue weighted by molar-refractivity contribution is 6.30. The topological polar surface area (TPSA) is 55.1 Å². The van der Waals surface area contributed by atoms with Crippen LogP contribution in [0.5, 0.6) is 0 Å². The molecule has 1 aromatic carbocycles. The molecule has 0 radical (unpaired) electrons. The first kappa shape index (κ1) is 13.4. The fourth-order valence-electron chi connectivity index (χ4n) is 1.97. The van der Waals surface area contributed by atoms with Crippen molar-refractivity contribution in [2.45, 2.75) is 38.3 Å². The van der Waals surface area contributed by atoms with Crippen molar-refractivity contribution in [3.63, 3.8) is 0 Å². The molecular weight excluding hydrogens is 248 g/mol. The van der Waals surface area contributed by atoms with Crippen LogP contribution >= 0.6 is 11.6 Å². The molecule has 1 saturated carbocycles. The summed E-state index contributed by atoms with van der Waals surface area (Å²) in [5.41, 5.74) is 6.91. The van der Waals surface area contributed by atoms with E-state index in [0.29, 0.717) is 10.9 Å². The lowest BCUT2D eigenvalue weighted by Crippen LogP contribution is -2.41. The Kier molecular flexibility index (Phi) is 4.25. The molecule has 3 N–H and O–H groups in total. The SMILES string of the molecule is CC(NC(=O)[C@@H](N)CC1CC1)c1ccc(Cl)cc1. The van der Waals surface area contributed by atoms with Crippen molar-refractivity contribution in [2.75, 3.05) is 0 Å². The maximum atomic E-state index is 11.9. The summed E-state index contributed by atoms with van der Waals surface area (Å²) >= 11 is 5.83. The van der Waals surface area contributed by atoms with Gasteiger partial charge in [-0.2, -0.15) is 0 Å². The van der Waals surface area contributed by atoms with E-state index >= 15 is 0 Å². The largest absolute Gasteiger partial charge is 0.348 e. The second-order valence-electron chi connectivity index (χ2n) is 5.07. The first-order chi connectivity index (χ1) is 8.56. The van der Waals surface area contributed by atoms with E-state index in [1.807, 2.05) is 31.2 Å². The molecule has 1 aliphatic rings. The minimum atomic E-state index is -0.382. The van der Waals surface area contributed by atoms with E-state index in [9.17, 15) is 4.79 Å². The van der Waals surface area contributed by atoms with Gasteiger partial charge in [-0.15, -0.1) is 0 Å². The van der Waals surface area contributed by atoms with Crippen LogP contribution in [-0.2, 0) is 4.79 Å². The average Bonchev–Trinajstić information content (AvgIpc) is 3.13. The summed E-state index contributed by atoms with van der Waals surface area (Å²) in [4.78, 5) is 11.9. The summed E-state index contributed by atoms with van der Waals surface area (Å²) in [6, 6.07) is 7.06. The number of carbonyl (C=O) groups is 1. The second-order valence-corrected chi connectivity index (χ2v) is 5.50. The van der Waals surface area contributed by atoms with Crippen molar-refractivity contribution in [1.82, 2.24) is 5.32 Å². The second kappa shape index (κ2) is 5.72. The van der Waals surface area contributed by atoms with Crippen LogP contribution in [0, 0.1) is 5.92 Å². The molecule has 0 aromatic heterocycles. The molecule has 1 aliphatic carbocycles. The van der Waals surface area contributed by atoms with Gasteiger partial charge in [0.25, 0.3) is 0 Å². The van der Waals surface area contributed by atoms with E-state index < -0.39 is 0 Å². The molecule has 0 bridgehead atoms. The third-order valence-electron chi connectivity index (χ3n) is 3.35. The quantitative estimate of drug-likeness (QED) is 0.861. The molecular formula is C14H19ClN2O. The van der Waals surface area contributed by atoms with E-state index in [-0.39, 0.29) is 18.0 Å². The molecule has 0 saturated heterocycles. The van der Waals surface area contributed by atoms with E-state index in [4.69, 9.17) is 17.3 Å². The van der Waals surface area contributed by atoms with E-state index in [0.717, 1.165) is 12.0 Å². The van der Waals surface area contributed by atoms with Gasteiger partial charge < -0.3 is 11.1 Å². The lowest BCUT2D eigenvalue weighted by atomic mass is 10.1. The van der Waals surface area contributed by atoms with Gasteiger partial charge in [-0.3, -0.25) is 4.79 Å². The number of nitrogens with two attached hydrogens (primary N) is 1. The Morgan fingerprint density at radius 1 is 1.44 bits per heavy atom. The zero-order valence-electron chi connectivity index (χ0n) is 10.5. The highest BCUT2D eigenvalue weighted by Gasteiger charge is 2.27. The van der Waals surface area contributed by atoms with Crippen molar-refractivity contribution < 1.29 is 4.79 Å². The zero-order valence-corrected chi connectivity index (χ0v) is 11.3. The van der Waals surface area contributed by atoms with E-state index in [1.54, 1.807) is 0 Å². The number of rotatable bonds is 5. The van der Waals surface area contributed by atoms with E-state index in [2.05, 4.69) is 5.32 Å². The maximum absolute atomic E-state index is 11.9. The number of hydrogen-bond donors (Lipinski definition) is 2. The molecule has 1 fully saturated rings. The summed E-state index contributed by atoms with van der Waals surface area (Å²) in [6.45, 7) is 1.95. The average molecular weight is 267 g/mol. The minimum absolute atomic E-state index is 0.0416. The van der Waals surface area contributed by atoms with Crippen LogP contribution in [0.4, 0.5) is 0 Å². The van der Waals surface area contributed by atoms with Crippen LogP contribution in [-0.4, -0.2) is 11.9 Å². The van der Waals surface area contributed by atoms with Gasteiger partial charge in [0.1, 0.15) is 0 Å². The fourth-order valence-corrected chi connectivity index (χ4v) is 2.10. The van der Waals surface area contributed by atoms with Crippen LogP contribution < -0.4 is 11.1 Å². The molecule has 1 unspecified atom stereocenters. The smallest absolute Gasteiger partial charge is 0.237 e. The lowest BCUT2D eigenvalue weighted by Gasteiger charge is -2.17. The Balaban J connectivity index is 1.87. The summed E-state index contributed by atoms with van der Waals surface area (Å²) in [5.74, 6) is 0.598. The number of benzene rings is 1. The predicted octanol–water partition coefficient (Wildman–Crippen LogP) is 2.64. The highest BCUT2D eigenvalue weighted by Crippen LogP contribution is 2.33. The Morgan fingerprint density at radius 2 is 2.06 bits per heavy atom. The van der Waals surface area contributed by atoms with Gasteiger partial charge in [-0.05, 0) is 37.0 Å². The van der Waals surface area contributed by atoms with Gasteiger partial charge in [0.2, 0.25) is 5.91 Å². The molecule has 2 rings (SSSR count). The summed E-state index contributed by atoms with van der Waals surface area (Å²) < 4.78 is 0. The van der Waals surface area contributed by atoms with Gasteiger partial charge in [0.15, 0.2) is 0 Å². The first-order valence-corrected chi connectivity index (χ1v) is 6.75. The van der Waals surface area contributed by atoms with Gasteiger partial charge in [-0.1, -0.05) is 36.6 Å². The molecule has 98 valence electrons. The molecule has 2 atom stereocenters. The first-order valence-electron chi connectivity index (χ1n) is 6.37. The molecule has 0 aliphatic heterocycles. The lowest BCUT2D eigenvalue weighted by molar-refractivity contribution is -0.123. The van der Waals surface area contributed by atoms with Crippen molar-refractivity contribution in [3.05, 3.63) is 34.9 Å². The number of carbonyl (C=O) groups excluding carboxylic acids is 1. The van der Waals surface area contributed by atoms with Crippen molar-refractivity contribution >= 4 is 17.5 Å². The Morgan fingerprint density at radius 3 is 2.61 bits per heavy atom. The predicted molar refractivity (Wildman–Crippen MR) is 73.3 cm³/mol. The molecule has 3 nitrogen and oxygen atoms in total. The number of nitrogens with one attached hydrogen (secondary N) is 1. The Labute approximate surface area is 113 Å². The zero-order chi connectivity index (χ0) is 13.1. The van der Waals surface area contributed by atoms with Crippen molar-refractivity contribution in [1.29, 1.82) is 0 Å². The Bertz CT molecular complexity index is 414. The number of hydrogen-bond acceptors (Lipinski definition) is 2. The van der Waals surface area contributed by atoms with E-state index in [1.165, 1.54) is 12.8 Å². The molecule has 1 aromatic rings. The summed E-state index contributed by atoms with van der Waals surface area (Å²) in [6.07, 6.45) is 3.24. The summed E-state index contributed by atoms with van der Waals surface area (Å²) in [5, 5.41) is 3.64. The molecule has 0 spiro atoms. The normalized spacial score (nSPS) is 18.2. The Hall–Kier alpha value is -1.06. The van der Waals surface area contributed by atoms with Gasteiger partial charge in [0.05, 0.1) is 12.1 Å². The van der Waals surface area contributed by atoms with Crippen LogP contribution in [0.2, 0.25) is 5.02 Å². The maximum Gasteiger partial charge on any atom is 0.237 e. The van der Waals surface area contributed by atoms with Crippen LogP contribution in [0.3, 0.4) is 0 Å². The molecule has 4 heteroatoms. The van der Waals surface area contributed by atoms with Crippen molar-refractivity contribution in [2.24, 2.45) is 11.7 Å². The van der Waals surface area contributed by atoms with Crippen LogP contribution in [0.15, 0.2) is 24.3 Å². The van der Waals surface area contributed by atoms with Gasteiger partial charge in [-0.25, -0.2) is 0 Å². The molecule has 18 heavy (non-hydrogen) atoms. The van der Waals surface area contributed by atoms with Crippen molar-refractivity contribution in [3.8, 4) is 0 Å². The van der Waals surface area contributed by atoms with Crippen LogP contribution in [0.25, 0.3) is 0 Å². The van der Waals surface area contributed by atoms with Gasteiger partial charge >= 0.3 is 0 Å². The molecule has 0 heterocycles. The number of amides is 1. The fraction of sp³-hybridized carbons (Fsp3) is 0.500. The third-order valence-corrected chi connectivity index (χ3v) is 3.60. The monoisotopic (exact) mass is 266 g/mol. The van der Waals surface area contributed by atoms with Gasteiger partial charge in [0, 0.05) is 5.02 Å². The summed E-state index contributed by atoms with van der Waals surface area (Å²) in [7, 11) is 0. The molecule has 1 amide bonds. The van der Waals surface area contributed by atoms with Crippen LogP contribution in [0.1, 0.15) is 37.8 Å². The minimum Gasteiger partial charge on any atom is -0.348 e. The third kappa shape index (κ3) is 3.72. The standard InChI is InChI=1S/C14H19ClN2O/c1-9(11-4-6-12(15)7-5-11)17-14(18)13(16)8-10-2-3-10/h4-7,9-10,13H,2-3,8,16H2,1H3,(H,17,18)/t9?,13-/m0/s1. The number of halogens is 1. The highest BCUT2D eigenvalue weighted by atomic mass is 35.5.